The summed E-state index contributed by atoms with van der Waals surface area (Å²) in [5, 5.41) is 2.82. The van der Waals surface area contributed by atoms with E-state index < -0.39 is 0 Å². The van der Waals surface area contributed by atoms with E-state index in [1.165, 1.54) is 0 Å². The van der Waals surface area contributed by atoms with Crippen LogP contribution in [0.2, 0.25) is 0 Å². The molecule has 0 aliphatic heterocycles. The van der Waals surface area contributed by atoms with Crippen molar-refractivity contribution in [3.63, 3.8) is 0 Å². The zero-order chi connectivity index (χ0) is 18.9. The second kappa shape index (κ2) is 9.29. The van der Waals surface area contributed by atoms with Gasteiger partial charge in [0.1, 0.15) is 12.4 Å². The minimum atomic E-state index is -0.281. The topological polar surface area (TPSA) is 56.8 Å². The second-order valence-electron chi connectivity index (χ2n) is 5.76. The maximum atomic E-state index is 12.3. The van der Waals surface area contributed by atoms with E-state index in [1.807, 2.05) is 60.7 Å². The smallest absolute Gasteiger partial charge is 0.262 e. The van der Waals surface area contributed by atoms with Gasteiger partial charge in [-0.05, 0) is 29.8 Å². The van der Waals surface area contributed by atoms with Gasteiger partial charge in [0.2, 0.25) is 0 Å². The van der Waals surface area contributed by atoms with Crippen LogP contribution in [0.1, 0.15) is 5.56 Å². The van der Waals surface area contributed by atoms with Crippen LogP contribution < -0.4 is 19.5 Å². The Morgan fingerprint density at radius 2 is 1.41 bits per heavy atom. The van der Waals surface area contributed by atoms with Crippen LogP contribution in [0.25, 0.3) is 0 Å². The van der Waals surface area contributed by atoms with Crippen LogP contribution in [-0.4, -0.2) is 19.6 Å². The standard InChI is InChI=1S/C22H21NO4/c1-25-20-13-7-8-14-21(20)27-16-22(24)23-18-11-5-6-12-19(18)26-15-17-9-3-2-4-10-17/h2-14H,15-16H2,1H3,(H,23,24). The van der Waals surface area contributed by atoms with Crippen LogP contribution in [0, 0.1) is 0 Å². The largest absolute Gasteiger partial charge is 0.493 e. The molecule has 5 heteroatoms. The van der Waals surface area contributed by atoms with Gasteiger partial charge >= 0.3 is 0 Å². The molecule has 0 radical (unpaired) electrons. The van der Waals surface area contributed by atoms with Gasteiger partial charge in [0.25, 0.3) is 5.91 Å². The summed E-state index contributed by atoms with van der Waals surface area (Å²) in [6.07, 6.45) is 0. The Balaban J connectivity index is 1.59. The minimum absolute atomic E-state index is 0.132. The monoisotopic (exact) mass is 363 g/mol. The number of para-hydroxylation sites is 4. The molecule has 5 nitrogen and oxygen atoms in total. The van der Waals surface area contributed by atoms with Gasteiger partial charge in [-0.25, -0.2) is 0 Å². The first kappa shape index (κ1) is 18.3. The average Bonchev–Trinajstić information content (AvgIpc) is 2.72. The van der Waals surface area contributed by atoms with Crippen molar-refractivity contribution in [3.8, 4) is 17.2 Å². The van der Waals surface area contributed by atoms with E-state index in [1.54, 1.807) is 25.3 Å². The zero-order valence-corrected chi connectivity index (χ0v) is 15.1. The molecule has 0 atom stereocenters. The Morgan fingerprint density at radius 3 is 2.15 bits per heavy atom. The van der Waals surface area contributed by atoms with Crippen LogP contribution in [0.4, 0.5) is 5.69 Å². The van der Waals surface area contributed by atoms with E-state index in [4.69, 9.17) is 14.2 Å². The van der Waals surface area contributed by atoms with Gasteiger partial charge in [0.15, 0.2) is 18.1 Å². The molecule has 0 aliphatic rings. The Hall–Kier alpha value is -3.47. The van der Waals surface area contributed by atoms with E-state index in [-0.39, 0.29) is 12.5 Å². The molecule has 0 spiro atoms. The van der Waals surface area contributed by atoms with Gasteiger partial charge in [0, 0.05) is 0 Å². The van der Waals surface area contributed by atoms with Gasteiger partial charge in [-0.15, -0.1) is 0 Å². The molecule has 0 saturated heterocycles. The van der Waals surface area contributed by atoms with Crippen LogP contribution >= 0.6 is 0 Å². The molecule has 3 rings (SSSR count). The minimum Gasteiger partial charge on any atom is -0.493 e. The second-order valence-corrected chi connectivity index (χ2v) is 5.76. The lowest BCUT2D eigenvalue weighted by Crippen LogP contribution is -2.20. The SMILES string of the molecule is COc1ccccc1OCC(=O)Nc1ccccc1OCc1ccccc1. The zero-order valence-electron chi connectivity index (χ0n) is 15.1. The summed E-state index contributed by atoms with van der Waals surface area (Å²) in [5.41, 5.74) is 1.65. The van der Waals surface area contributed by atoms with Gasteiger partial charge in [-0.3, -0.25) is 4.79 Å². The first-order chi connectivity index (χ1) is 13.3. The first-order valence-electron chi connectivity index (χ1n) is 8.57. The molecule has 27 heavy (non-hydrogen) atoms. The van der Waals surface area contributed by atoms with E-state index >= 15 is 0 Å². The molecule has 0 unspecified atom stereocenters. The predicted molar refractivity (Wildman–Crippen MR) is 104 cm³/mol. The number of hydrogen-bond donors (Lipinski definition) is 1. The van der Waals surface area contributed by atoms with Crippen LogP contribution in [0.15, 0.2) is 78.9 Å². The summed E-state index contributed by atoms with van der Waals surface area (Å²) >= 11 is 0. The maximum absolute atomic E-state index is 12.3. The van der Waals surface area contributed by atoms with E-state index in [0.29, 0.717) is 29.5 Å². The number of carbonyl (C=O) groups excluding carboxylic acids is 1. The highest BCUT2D eigenvalue weighted by Crippen LogP contribution is 2.27. The lowest BCUT2D eigenvalue weighted by molar-refractivity contribution is -0.118. The number of benzene rings is 3. The van der Waals surface area contributed by atoms with Crippen LogP contribution in [0.5, 0.6) is 17.2 Å². The number of rotatable bonds is 8. The normalized spacial score (nSPS) is 10.1. The number of ether oxygens (including phenoxy) is 3. The number of amides is 1. The molecule has 0 aliphatic carbocycles. The Bertz CT molecular complexity index is 880. The van der Waals surface area contributed by atoms with Crippen molar-refractivity contribution in [1.29, 1.82) is 0 Å². The fourth-order valence-electron chi connectivity index (χ4n) is 2.50. The molecular weight excluding hydrogens is 342 g/mol. The molecule has 0 saturated carbocycles. The highest BCUT2D eigenvalue weighted by Gasteiger charge is 2.10. The molecule has 138 valence electrons. The van der Waals surface area contributed by atoms with E-state index in [0.717, 1.165) is 5.56 Å². The van der Waals surface area contributed by atoms with E-state index in [2.05, 4.69) is 5.32 Å². The number of nitrogens with one attached hydrogen (secondary N) is 1. The molecule has 1 amide bonds. The predicted octanol–water partition coefficient (Wildman–Crippen LogP) is 4.29. The fraction of sp³-hybridized carbons (Fsp3) is 0.136. The third kappa shape index (κ3) is 5.25. The lowest BCUT2D eigenvalue weighted by Gasteiger charge is -2.13. The van der Waals surface area contributed by atoms with Crippen LogP contribution in [-0.2, 0) is 11.4 Å². The number of methoxy groups -OCH3 is 1. The van der Waals surface area contributed by atoms with Crippen molar-refractivity contribution in [2.75, 3.05) is 19.0 Å². The molecular formula is C22H21NO4. The third-order valence-corrected chi connectivity index (χ3v) is 3.83. The maximum Gasteiger partial charge on any atom is 0.262 e. The summed E-state index contributed by atoms with van der Waals surface area (Å²) in [7, 11) is 1.56. The van der Waals surface area contributed by atoms with Crippen molar-refractivity contribution >= 4 is 11.6 Å². The lowest BCUT2D eigenvalue weighted by atomic mass is 10.2. The van der Waals surface area contributed by atoms with Crippen molar-refractivity contribution in [1.82, 2.24) is 0 Å². The molecule has 1 N–H and O–H groups in total. The highest BCUT2D eigenvalue weighted by molar-refractivity contribution is 5.93. The van der Waals surface area contributed by atoms with Gasteiger partial charge in [-0.1, -0.05) is 54.6 Å². The first-order valence-corrected chi connectivity index (χ1v) is 8.57. The number of carbonyl (C=O) groups is 1. The highest BCUT2D eigenvalue weighted by atomic mass is 16.5. The van der Waals surface area contributed by atoms with Gasteiger partial charge in [0.05, 0.1) is 12.8 Å². The molecule has 0 aromatic heterocycles. The quantitative estimate of drug-likeness (QED) is 0.649. The summed E-state index contributed by atoms with van der Waals surface area (Å²) in [6, 6.07) is 24.4. The third-order valence-electron chi connectivity index (χ3n) is 3.83. The Morgan fingerprint density at radius 1 is 0.778 bits per heavy atom. The van der Waals surface area contributed by atoms with Crippen LogP contribution in [0.3, 0.4) is 0 Å². The molecule has 0 fully saturated rings. The molecule has 0 bridgehead atoms. The molecule has 0 heterocycles. The van der Waals surface area contributed by atoms with E-state index in [9.17, 15) is 4.79 Å². The summed E-state index contributed by atoms with van der Waals surface area (Å²) < 4.78 is 16.6. The van der Waals surface area contributed by atoms with Gasteiger partial charge in [-0.2, -0.15) is 0 Å². The number of hydrogen-bond acceptors (Lipinski definition) is 4. The number of anilines is 1. The fourth-order valence-corrected chi connectivity index (χ4v) is 2.50. The Labute approximate surface area is 158 Å². The van der Waals surface area contributed by atoms with Crippen molar-refractivity contribution in [2.45, 2.75) is 6.61 Å². The van der Waals surface area contributed by atoms with Crippen molar-refractivity contribution in [2.24, 2.45) is 0 Å². The van der Waals surface area contributed by atoms with Crippen molar-refractivity contribution in [3.05, 3.63) is 84.4 Å². The summed E-state index contributed by atoms with van der Waals surface area (Å²) in [6.45, 7) is 0.291. The summed E-state index contributed by atoms with van der Waals surface area (Å²) in [5.74, 6) is 1.42. The molecule has 3 aromatic rings. The van der Waals surface area contributed by atoms with Crippen molar-refractivity contribution < 1.29 is 19.0 Å². The molecule has 3 aromatic carbocycles. The Kier molecular flexibility index (Phi) is 6.30. The average molecular weight is 363 g/mol. The van der Waals surface area contributed by atoms with Gasteiger partial charge < -0.3 is 19.5 Å². The summed E-state index contributed by atoms with van der Waals surface area (Å²) in [4.78, 5) is 12.3.